The van der Waals surface area contributed by atoms with Crippen LogP contribution in [0.1, 0.15) is 5.56 Å². The van der Waals surface area contributed by atoms with Gasteiger partial charge in [-0.25, -0.2) is 0 Å². The Morgan fingerprint density at radius 1 is 1.36 bits per heavy atom. The molecule has 0 aliphatic rings. The summed E-state index contributed by atoms with van der Waals surface area (Å²) in [5.41, 5.74) is 9.83. The van der Waals surface area contributed by atoms with Gasteiger partial charge in [-0.15, -0.1) is 11.3 Å². The highest BCUT2D eigenvalue weighted by Crippen LogP contribution is 2.23. The summed E-state index contributed by atoms with van der Waals surface area (Å²) in [6.45, 7) is 0. The number of rotatable bonds is 2. The summed E-state index contributed by atoms with van der Waals surface area (Å²) >= 11 is 1.72. The molecule has 2 rings (SSSR count). The van der Waals surface area contributed by atoms with E-state index in [1.807, 2.05) is 6.07 Å². The van der Waals surface area contributed by atoms with Crippen LogP contribution in [-0.4, -0.2) is 0 Å². The van der Waals surface area contributed by atoms with Gasteiger partial charge in [-0.3, -0.25) is 5.84 Å². The lowest BCUT2D eigenvalue weighted by atomic mass is 10.1. The lowest BCUT2D eigenvalue weighted by Gasteiger charge is -2.01. The van der Waals surface area contributed by atoms with Gasteiger partial charge in [-0.1, -0.05) is 6.07 Å². The minimum absolute atomic E-state index is 0.639. The second kappa shape index (κ2) is 3.69. The first-order chi connectivity index (χ1) is 6.81. The third kappa shape index (κ3) is 1.57. The molecule has 3 nitrogen and oxygen atoms in total. The Labute approximate surface area is 86.0 Å². The number of hydrogen-bond acceptors (Lipinski definition) is 4. The zero-order chi connectivity index (χ0) is 9.97. The third-order valence-electron chi connectivity index (χ3n) is 2.02. The standard InChI is InChI=1S/C10H11N3S/c11-9(6-13-12)7-1-2-10-8(5-7)3-4-14-10/h1-6,13H,11-12H2/b9-6-. The largest absolute Gasteiger partial charge is 0.397 e. The molecule has 72 valence electrons. The highest BCUT2D eigenvalue weighted by atomic mass is 32.1. The molecule has 5 N–H and O–H groups in total. The van der Waals surface area contributed by atoms with E-state index >= 15 is 0 Å². The van der Waals surface area contributed by atoms with Gasteiger partial charge in [0, 0.05) is 10.9 Å². The summed E-state index contributed by atoms with van der Waals surface area (Å²) in [4.78, 5) is 0. The van der Waals surface area contributed by atoms with Gasteiger partial charge in [0.25, 0.3) is 0 Å². The van der Waals surface area contributed by atoms with E-state index in [2.05, 4.69) is 29.0 Å². The van der Waals surface area contributed by atoms with Gasteiger partial charge in [0.15, 0.2) is 0 Å². The highest BCUT2D eigenvalue weighted by molar-refractivity contribution is 7.17. The molecule has 4 heteroatoms. The lowest BCUT2D eigenvalue weighted by Crippen LogP contribution is -2.16. The van der Waals surface area contributed by atoms with Crippen molar-refractivity contribution >= 4 is 27.1 Å². The van der Waals surface area contributed by atoms with Crippen LogP contribution >= 0.6 is 11.3 Å². The van der Waals surface area contributed by atoms with Crippen LogP contribution in [0.4, 0.5) is 0 Å². The number of benzene rings is 1. The van der Waals surface area contributed by atoms with Crippen LogP contribution in [-0.2, 0) is 0 Å². The molecule has 0 saturated carbocycles. The Hall–Kier alpha value is -1.52. The van der Waals surface area contributed by atoms with E-state index in [9.17, 15) is 0 Å². The fourth-order valence-electron chi connectivity index (χ4n) is 1.32. The van der Waals surface area contributed by atoms with E-state index < -0.39 is 0 Å². The summed E-state index contributed by atoms with van der Waals surface area (Å²) in [6, 6.07) is 8.18. The molecule has 1 heterocycles. The summed E-state index contributed by atoms with van der Waals surface area (Å²) < 4.78 is 1.27. The second-order valence-electron chi connectivity index (χ2n) is 2.94. The topological polar surface area (TPSA) is 64.1 Å². The van der Waals surface area contributed by atoms with E-state index in [-0.39, 0.29) is 0 Å². The number of hydrazine groups is 1. The number of nitrogens with two attached hydrogens (primary N) is 2. The van der Waals surface area contributed by atoms with Crippen molar-refractivity contribution in [2.24, 2.45) is 11.6 Å². The molecule has 0 aliphatic heterocycles. The van der Waals surface area contributed by atoms with Gasteiger partial charge in [0.05, 0.1) is 5.70 Å². The maximum atomic E-state index is 5.79. The van der Waals surface area contributed by atoms with Gasteiger partial charge in [0.2, 0.25) is 0 Å². The average Bonchev–Trinajstić information content (AvgIpc) is 2.64. The first-order valence-corrected chi connectivity index (χ1v) is 5.08. The van der Waals surface area contributed by atoms with Gasteiger partial charge in [-0.2, -0.15) is 0 Å². The van der Waals surface area contributed by atoms with Gasteiger partial charge in [0.1, 0.15) is 0 Å². The molecule has 14 heavy (non-hydrogen) atoms. The first-order valence-electron chi connectivity index (χ1n) is 4.20. The highest BCUT2D eigenvalue weighted by Gasteiger charge is 1.99. The molecule has 1 aromatic heterocycles. The van der Waals surface area contributed by atoms with E-state index in [1.165, 1.54) is 10.1 Å². The van der Waals surface area contributed by atoms with E-state index in [0.717, 1.165) is 5.56 Å². The molecule has 2 aromatic rings. The van der Waals surface area contributed by atoms with Crippen molar-refractivity contribution in [2.75, 3.05) is 0 Å². The van der Waals surface area contributed by atoms with Crippen molar-refractivity contribution in [3.8, 4) is 0 Å². The van der Waals surface area contributed by atoms with Crippen LogP contribution in [0.3, 0.4) is 0 Å². The Kier molecular flexibility index (Phi) is 2.39. The van der Waals surface area contributed by atoms with Crippen molar-refractivity contribution in [1.82, 2.24) is 5.43 Å². The predicted molar refractivity (Wildman–Crippen MR) is 61.3 cm³/mol. The molecule has 0 aliphatic carbocycles. The molecule has 0 atom stereocenters. The quantitative estimate of drug-likeness (QED) is 0.515. The zero-order valence-corrected chi connectivity index (χ0v) is 8.34. The van der Waals surface area contributed by atoms with Crippen molar-refractivity contribution in [3.05, 3.63) is 41.4 Å². The second-order valence-corrected chi connectivity index (χ2v) is 3.89. The van der Waals surface area contributed by atoms with Crippen molar-refractivity contribution < 1.29 is 0 Å². The van der Waals surface area contributed by atoms with Crippen LogP contribution < -0.4 is 17.0 Å². The maximum absolute atomic E-state index is 5.79. The Bertz CT molecular complexity index is 473. The average molecular weight is 205 g/mol. The van der Waals surface area contributed by atoms with E-state index in [1.54, 1.807) is 17.5 Å². The minimum atomic E-state index is 0.639. The number of fused-ring (bicyclic) bond motifs is 1. The van der Waals surface area contributed by atoms with Crippen molar-refractivity contribution in [2.45, 2.75) is 0 Å². The van der Waals surface area contributed by atoms with Crippen LogP contribution in [0.5, 0.6) is 0 Å². The normalized spacial score (nSPS) is 11.9. The summed E-state index contributed by atoms with van der Waals surface area (Å²) in [7, 11) is 0. The molecule has 0 radical (unpaired) electrons. The predicted octanol–water partition coefficient (Wildman–Crippen LogP) is 1.62. The monoisotopic (exact) mass is 205 g/mol. The molecule has 0 amide bonds. The number of thiophene rings is 1. The molecule has 1 aromatic carbocycles. The van der Waals surface area contributed by atoms with Gasteiger partial charge in [-0.05, 0) is 34.5 Å². The van der Waals surface area contributed by atoms with Crippen LogP contribution in [0.2, 0.25) is 0 Å². The Morgan fingerprint density at radius 3 is 3.00 bits per heavy atom. The Morgan fingerprint density at radius 2 is 2.21 bits per heavy atom. The van der Waals surface area contributed by atoms with Crippen LogP contribution in [0.15, 0.2) is 35.8 Å². The first kappa shape index (κ1) is 9.05. The fraction of sp³-hybridized carbons (Fsp3) is 0. The molecule has 0 unspecified atom stereocenters. The lowest BCUT2D eigenvalue weighted by molar-refractivity contribution is 0.967. The third-order valence-corrected chi connectivity index (χ3v) is 2.92. The van der Waals surface area contributed by atoms with Gasteiger partial charge >= 0.3 is 0 Å². The van der Waals surface area contributed by atoms with E-state index in [0.29, 0.717) is 5.70 Å². The van der Waals surface area contributed by atoms with Gasteiger partial charge < -0.3 is 11.2 Å². The molecular weight excluding hydrogens is 194 g/mol. The maximum Gasteiger partial charge on any atom is 0.0561 e. The van der Waals surface area contributed by atoms with Crippen molar-refractivity contribution in [3.63, 3.8) is 0 Å². The molecule has 0 bridgehead atoms. The van der Waals surface area contributed by atoms with E-state index in [4.69, 9.17) is 11.6 Å². The molecule has 0 fully saturated rings. The molecular formula is C10H11N3S. The Balaban J connectivity index is 2.48. The van der Waals surface area contributed by atoms with Crippen LogP contribution in [0, 0.1) is 0 Å². The smallest absolute Gasteiger partial charge is 0.0561 e. The minimum Gasteiger partial charge on any atom is -0.397 e. The zero-order valence-electron chi connectivity index (χ0n) is 7.53. The number of nitrogens with one attached hydrogen (secondary N) is 1. The summed E-state index contributed by atoms with van der Waals surface area (Å²) in [6.07, 6.45) is 1.58. The fourth-order valence-corrected chi connectivity index (χ4v) is 2.09. The van der Waals surface area contributed by atoms with Crippen LogP contribution in [0.25, 0.3) is 15.8 Å². The SMILES string of the molecule is NN/C=C(\N)c1ccc2sccc2c1. The summed E-state index contributed by atoms with van der Waals surface area (Å²) in [5.74, 6) is 5.16. The van der Waals surface area contributed by atoms with Crippen molar-refractivity contribution in [1.29, 1.82) is 0 Å². The molecule has 0 spiro atoms. The summed E-state index contributed by atoms with van der Waals surface area (Å²) in [5, 5.41) is 3.27. The molecule has 0 saturated heterocycles. The number of hydrogen-bond donors (Lipinski definition) is 3.